The van der Waals surface area contributed by atoms with Crippen LogP contribution >= 0.6 is 11.6 Å². The number of rotatable bonds is 5. The van der Waals surface area contributed by atoms with Gasteiger partial charge in [0.05, 0.1) is 17.5 Å². The van der Waals surface area contributed by atoms with Gasteiger partial charge in [-0.1, -0.05) is 23.2 Å². The van der Waals surface area contributed by atoms with Gasteiger partial charge in [-0.25, -0.2) is 9.59 Å². The predicted octanol–water partition coefficient (Wildman–Crippen LogP) is 3.39. The molecule has 0 radical (unpaired) electrons. The Labute approximate surface area is 143 Å². The maximum absolute atomic E-state index is 12.0. The second-order valence-electron chi connectivity index (χ2n) is 5.48. The summed E-state index contributed by atoms with van der Waals surface area (Å²) in [5, 5.41) is 1.06. The van der Waals surface area contributed by atoms with Crippen molar-refractivity contribution in [1.29, 1.82) is 0 Å². The van der Waals surface area contributed by atoms with E-state index in [1.807, 2.05) is 13.0 Å². The molecule has 0 N–H and O–H groups in total. The number of nitrogens with zero attached hydrogens (tertiary/aromatic N) is 1. The number of benzene rings is 2. The molecule has 3 rings (SSSR count). The second kappa shape index (κ2) is 6.93. The van der Waals surface area contributed by atoms with Crippen LogP contribution in [0.4, 0.5) is 0 Å². The molecule has 0 atom stereocenters. The zero-order valence-corrected chi connectivity index (χ0v) is 13.9. The van der Waals surface area contributed by atoms with Crippen LogP contribution in [0.5, 0.6) is 5.75 Å². The third-order valence-corrected chi connectivity index (χ3v) is 3.92. The highest BCUT2D eigenvalue weighted by molar-refractivity contribution is 6.30. The van der Waals surface area contributed by atoms with Crippen molar-refractivity contribution in [3.8, 4) is 5.75 Å². The van der Waals surface area contributed by atoms with Crippen molar-refractivity contribution in [3.63, 3.8) is 0 Å². The molecule has 0 saturated carbocycles. The standard InChI is InChI=1S/C18H16ClNO4/c1-12-3-8-16-15(11-12)17(21)24-18(22)20(16)9-2-10-23-14-6-4-13(19)5-7-14/h3-8,11H,2,9-10H2,1H3. The van der Waals surface area contributed by atoms with Crippen LogP contribution in [-0.2, 0) is 6.54 Å². The number of hydrogen-bond acceptors (Lipinski definition) is 4. The van der Waals surface area contributed by atoms with Crippen LogP contribution in [0.2, 0.25) is 5.02 Å². The Bertz CT molecular complexity index is 973. The Hall–Kier alpha value is -2.53. The minimum Gasteiger partial charge on any atom is -0.494 e. The van der Waals surface area contributed by atoms with E-state index in [2.05, 4.69) is 0 Å². The molecule has 24 heavy (non-hydrogen) atoms. The number of fused-ring (bicyclic) bond motifs is 1. The summed E-state index contributed by atoms with van der Waals surface area (Å²) in [5.41, 5.74) is 0.909. The Morgan fingerprint density at radius 1 is 1.12 bits per heavy atom. The van der Waals surface area contributed by atoms with E-state index in [1.54, 1.807) is 36.4 Å². The fourth-order valence-corrected chi connectivity index (χ4v) is 2.62. The Kier molecular flexibility index (Phi) is 4.71. The molecule has 1 aromatic heterocycles. The SMILES string of the molecule is Cc1ccc2c(c1)c(=O)oc(=O)n2CCCOc1ccc(Cl)cc1. The molecule has 0 bridgehead atoms. The molecule has 0 aliphatic heterocycles. The molecule has 124 valence electrons. The average molecular weight is 346 g/mol. The van der Waals surface area contributed by atoms with Crippen LogP contribution in [0.15, 0.2) is 56.5 Å². The summed E-state index contributed by atoms with van der Waals surface area (Å²) in [5.74, 6) is 0.0645. The Morgan fingerprint density at radius 2 is 1.88 bits per heavy atom. The molecule has 2 aromatic carbocycles. The van der Waals surface area contributed by atoms with Gasteiger partial charge in [-0.15, -0.1) is 0 Å². The zero-order valence-electron chi connectivity index (χ0n) is 13.1. The van der Waals surface area contributed by atoms with Crippen molar-refractivity contribution in [3.05, 3.63) is 74.0 Å². The smallest absolute Gasteiger partial charge is 0.422 e. The van der Waals surface area contributed by atoms with Crippen molar-refractivity contribution < 1.29 is 9.15 Å². The first-order valence-electron chi connectivity index (χ1n) is 7.57. The van der Waals surface area contributed by atoms with E-state index in [0.717, 1.165) is 5.56 Å². The van der Waals surface area contributed by atoms with Crippen molar-refractivity contribution in [2.45, 2.75) is 19.9 Å². The maximum atomic E-state index is 12.0. The molecule has 5 nitrogen and oxygen atoms in total. The molecule has 0 unspecified atom stereocenters. The summed E-state index contributed by atoms with van der Waals surface area (Å²) in [7, 11) is 0. The molecule has 1 heterocycles. The van der Waals surface area contributed by atoms with E-state index in [0.29, 0.717) is 41.2 Å². The molecule has 0 spiro atoms. The minimum absolute atomic E-state index is 0.399. The topological polar surface area (TPSA) is 61.4 Å². The monoisotopic (exact) mass is 345 g/mol. The van der Waals surface area contributed by atoms with Crippen LogP contribution < -0.4 is 16.1 Å². The molecular formula is C18H16ClNO4. The van der Waals surface area contributed by atoms with Crippen LogP contribution in [0.3, 0.4) is 0 Å². The lowest BCUT2D eigenvalue weighted by Crippen LogP contribution is -2.25. The highest BCUT2D eigenvalue weighted by Crippen LogP contribution is 2.16. The summed E-state index contributed by atoms with van der Waals surface area (Å²) < 4.78 is 11.9. The van der Waals surface area contributed by atoms with Gasteiger partial charge in [0, 0.05) is 11.6 Å². The maximum Gasteiger partial charge on any atom is 0.422 e. The van der Waals surface area contributed by atoms with Crippen molar-refractivity contribution in [1.82, 2.24) is 4.57 Å². The zero-order chi connectivity index (χ0) is 17.1. The van der Waals surface area contributed by atoms with E-state index < -0.39 is 11.4 Å². The van der Waals surface area contributed by atoms with E-state index in [1.165, 1.54) is 4.57 Å². The summed E-state index contributed by atoms with van der Waals surface area (Å²) >= 11 is 5.82. The quantitative estimate of drug-likeness (QED) is 0.665. The highest BCUT2D eigenvalue weighted by Gasteiger charge is 2.09. The van der Waals surface area contributed by atoms with Gasteiger partial charge in [0.15, 0.2) is 0 Å². The van der Waals surface area contributed by atoms with Gasteiger partial charge < -0.3 is 9.15 Å². The van der Waals surface area contributed by atoms with Crippen LogP contribution in [-0.4, -0.2) is 11.2 Å². The first-order valence-corrected chi connectivity index (χ1v) is 7.95. The van der Waals surface area contributed by atoms with E-state index in [9.17, 15) is 9.59 Å². The van der Waals surface area contributed by atoms with Crippen molar-refractivity contribution in [2.24, 2.45) is 0 Å². The number of ether oxygens (including phenoxy) is 1. The fraction of sp³-hybridized carbons (Fsp3) is 0.222. The first kappa shape index (κ1) is 16.3. The second-order valence-corrected chi connectivity index (χ2v) is 5.92. The number of halogens is 1. The number of aryl methyl sites for hydroxylation is 2. The van der Waals surface area contributed by atoms with Gasteiger partial charge in [-0.3, -0.25) is 4.57 Å². The van der Waals surface area contributed by atoms with Crippen molar-refractivity contribution in [2.75, 3.05) is 6.61 Å². The van der Waals surface area contributed by atoms with Crippen LogP contribution in [0, 0.1) is 6.92 Å². The van der Waals surface area contributed by atoms with E-state index in [4.69, 9.17) is 20.8 Å². The third-order valence-electron chi connectivity index (χ3n) is 3.67. The lowest BCUT2D eigenvalue weighted by atomic mass is 10.2. The molecule has 0 saturated heterocycles. The molecule has 6 heteroatoms. The Balaban J connectivity index is 1.74. The van der Waals surface area contributed by atoms with Crippen LogP contribution in [0.25, 0.3) is 10.9 Å². The Morgan fingerprint density at radius 3 is 2.62 bits per heavy atom. The van der Waals surface area contributed by atoms with E-state index in [-0.39, 0.29) is 0 Å². The van der Waals surface area contributed by atoms with Gasteiger partial charge in [0.25, 0.3) is 0 Å². The average Bonchev–Trinajstić information content (AvgIpc) is 2.56. The molecule has 0 fully saturated rings. The largest absolute Gasteiger partial charge is 0.494 e. The first-order chi connectivity index (χ1) is 11.5. The fourth-order valence-electron chi connectivity index (χ4n) is 2.49. The van der Waals surface area contributed by atoms with Gasteiger partial charge in [0.1, 0.15) is 5.75 Å². The van der Waals surface area contributed by atoms with Gasteiger partial charge >= 0.3 is 11.4 Å². The van der Waals surface area contributed by atoms with E-state index >= 15 is 0 Å². The molecule has 0 aliphatic rings. The normalized spacial score (nSPS) is 10.9. The summed E-state index contributed by atoms with van der Waals surface area (Å²) in [6.07, 6.45) is 0.596. The molecule has 0 aliphatic carbocycles. The predicted molar refractivity (Wildman–Crippen MR) is 93.0 cm³/mol. The minimum atomic E-state index is -0.650. The molecule has 0 amide bonds. The highest BCUT2D eigenvalue weighted by atomic mass is 35.5. The number of hydrogen-bond donors (Lipinski definition) is 0. The molecule has 3 aromatic rings. The van der Waals surface area contributed by atoms with Gasteiger partial charge in [0.2, 0.25) is 0 Å². The van der Waals surface area contributed by atoms with Gasteiger partial charge in [-0.05, 0) is 49.7 Å². The summed E-state index contributed by atoms with van der Waals surface area (Å²) in [6, 6.07) is 12.4. The van der Waals surface area contributed by atoms with Gasteiger partial charge in [-0.2, -0.15) is 0 Å². The summed E-state index contributed by atoms with van der Waals surface area (Å²) in [4.78, 5) is 23.8. The lowest BCUT2D eigenvalue weighted by Gasteiger charge is -2.10. The summed E-state index contributed by atoms with van der Waals surface area (Å²) in [6.45, 7) is 2.71. The lowest BCUT2D eigenvalue weighted by molar-refractivity contribution is 0.296. The van der Waals surface area contributed by atoms with Crippen LogP contribution in [0.1, 0.15) is 12.0 Å². The third kappa shape index (κ3) is 3.51. The number of aromatic nitrogens is 1. The van der Waals surface area contributed by atoms with Crippen molar-refractivity contribution >= 4 is 22.5 Å². The molecular weight excluding hydrogens is 330 g/mol.